The summed E-state index contributed by atoms with van der Waals surface area (Å²) in [6.45, 7) is 7.24. The van der Waals surface area contributed by atoms with Crippen LogP contribution >= 0.6 is 0 Å². The molecule has 0 radical (unpaired) electrons. The van der Waals surface area contributed by atoms with Gasteiger partial charge in [0.25, 0.3) is 0 Å². The number of likely N-dealkylation sites (tertiary alicyclic amines) is 1. The monoisotopic (exact) mass is 255 g/mol. The number of nitrogens with one attached hydrogen (secondary N) is 1. The van der Waals surface area contributed by atoms with Gasteiger partial charge in [-0.25, -0.2) is 0 Å². The fourth-order valence-electron chi connectivity index (χ4n) is 2.61. The van der Waals surface area contributed by atoms with E-state index >= 15 is 0 Å². The molecule has 0 saturated carbocycles. The van der Waals surface area contributed by atoms with Gasteiger partial charge in [0.1, 0.15) is 0 Å². The van der Waals surface area contributed by atoms with Crippen LogP contribution in [0, 0.1) is 5.41 Å². The first kappa shape index (κ1) is 15.0. The molecule has 1 heterocycles. The summed E-state index contributed by atoms with van der Waals surface area (Å²) in [5.41, 5.74) is 5.37. The largest absolute Gasteiger partial charge is 0.352 e. The van der Waals surface area contributed by atoms with Crippen molar-refractivity contribution in [3.63, 3.8) is 0 Å². The maximum Gasteiger partial charge on any atom is 0.230 e. The molecule has 2 amide bonds. The zero-order valence-electron chi connectivity index (χ0n) is 11.7. The fraction of sp³-hybridized carbons (Fsp3) is 0.846. The molecule has 1 fully saturated rings. The molecule has 1 unspecified atom stereocenters. The summed E-state index contributed by atoms with van der Waals surface area (Å²) in [7, 11) is 0. The van der Waals surface area contributed by atoms with E-state index in [1.165, 1.54) is 6.92 Å². The molecule has 0 bridgehead atoms. The van der Waals surface area contributed by atoms with E-state index in [0.29, 0.717) is 19.6 Å². The number of rotatable bonds is 5. The smallest absolute Gasteiger partial charge is 0.230 e. The summed E-state index contributed by atoms with van der Waals surface area (Å²) < 4.78 is 0. The number of hydrogen-bond donors (Lipinski definition) is 2. The molecule has 0 aromatic rings. The maximum absolute atomic E-state index is 12.5. The van der Waals surface area contributed by atoms with Crippen LogP contribution in [0.25, 0.3) is 0 Å². The van der Waals surface area contributed by atoms with Crippen molar-refractivity contribution < 1.29 is 9.59 Å². The highest BCUT2D eigenvalue weighted by Crippen LogP contribution is 2.29. The van der Waals surface area contributed by atoms with Gasteiger partial charge >= 0.3 is 0 Å². The second-order valence-electron chi connectivity index (χ2n) is 5.13. The van der Waals surface area contributed by atoms with Crippen molar-refractivity contribution in [2.75, 3.05) is 19.6 Å². The molecule has 1 aliphatic heterocycles. The van der Waals surface area contributed by atoms with Crippen molar-refractivity contribution in [2.24, 2.45) is 11.1 Å². The van der Waals surface area contributed by atoms with Gasteiger partial charge in [-0.3, -0.25) is 9.59 Å². The van der Waals surface area contributed by atoms with Crippen LogP contribution in [0.3, 0.4) is 0 Å². The Morgan fingerprint density at radius 2 is 2.00 bits per heavy atom. The molecule has 18 heavy (non-hydrogen) atoms. The van der Waals surface area contributed by atoms with Crippen molar-refractivity contribution in [3.05, 3.63) is 0 Å². The van der Waals surface area contributed by atoms with E-state index in [9.17, 15) is 9.59 Å². The third-order valence-electron chi connectivity index (χ3n) is 4.08. The molecule has 0 aromatic carbocycles. The van der Waals surface area contributed by atoms with Gasteiger partial charge in [0.2, 0.25) is 11.8 Å². The Bertz CT molecular complexity index is 305. The number of carbonyl (C=O) groups excluding carboxylic acids is 2. The van der Waals surface area contributed by atoms with Crippen LogP contribution in [0.5, 0.6) is 0 Å². The molecule has 0 aromatic heterocycles. The van der Waals surface area contributed by atoms with Gasteiger partial charge in [0, 0.05) is 32.6 Å². The van der Waals surface area contributed by atoms with E-state index in [4.69, 9.17) is 5.73 Å². The Kier molecular flexibility index (Phi) is 5.14. The lowest BCUT2D eigenvalue weighted by molar-refractivity contribution is -0.141. The van der Waals surface area contributed by atoms with Crippen molar-refractivity contribution in [1.82, 2.24) is 10.2 Å². The fourth-order valence-corrected chi connectivity index (χ4v) is 2.61. The molecule has 1 saturated heterocycles. The van der Waals surface area contributed by atoms with E-state index in [1.54, 1.807) is 0 Å². The van der Waals surface area contributed by atoms with Gasteiger partial charge in [-0.05, 0) is 19.3 Å². The van der Waals surface area contributed by atoms with E-state index in [0.717, 1.165) is 19.3 Å². The van der Waals surface area contributed by atoms with Crippen LogP contribution < -0.4 is 11.1 Å². The van der Waals surface area contributed by atoms with Crippen LogP contribution in [-0.2, 0) is 9.59 Å². The number of hydrogen-bond acceptors (Lipinski definition) is 3. The molecule has 5 heteroatoms. The highest BCUT2D eigenvalue weighted by atomic mass is 16.2. The van der Waals surface area contributed by atoms with Gasteiger partial charge in [-0.15, -0.1) is 0 Å². The average molecular weight is 255 g/mol. The summed E-state index contributed by atoms with van der Waals surface area (Å²) in [6.07, 6.45) is 2.36. The van der Waals surface area contributed by atoms with Crippen LogP contribution in [-0.4, -0.2) is 42.4 Å². The van der Waals surface area contributed by atoms with Crippen molar-refractivity contribution in [3.8, 4) is 0 Å². The Hall–Kier alpha value is -1.10. The second-order valence-corrected chi connectivity index (χ2v) is 5.13. The predicted molar refractivity (Wildman–Crippen MR) is 70.9 cm³/mol. The van der Waals surface area contributed by atoms with E-state index in [-0.39, 0.29) is 17.9 Å². The van der Waals surface area contributed by atoms with E-state index in [2.05, 4.69) is 5.32 Å². The van der Waals surface area contributed by atoms with Crippen molar-refractivity contribution >= 4 is 11.8 Å². The summed E-state index contributed by atoms with van der Waals surface area (Å²) in [4.78, 5) is 25.4. The molecular formula is C13H25N3O2. The number of amides is 2. The molecule has 0 aliphatic carbocycles. The van der Waals surface area contributed by atoms with Crippen molar-refractivity contribution in [1.29, 1.82) is 0 Å². The Morgan fingerprint density at radius 1 is 1.39 bits per heavy atom. The summed E-state index contributed by atoms with van der Waals surface area (Å²) in [5.74, 6) is 0.105. The van der Waals surface area contributed by atoms with Crippen LogP contribution in [0.1, 0.15) is 40.0 Å². The SMILES string of the molecule is CCC(CC)(CN)C(=O)N1CCC(NC(C)=O)C1. The quantitative estimate of drug-likeness (QED) is 0.750. The average Bonchev–Trinajstić information content (AvgIpc) is 2.79. The summed E-state index contributed by atoms with van der Waals surface area (Å²) >= 11 is 0. The Balaban J connectivity index is 2.66. The first-order chi connectivity index (χ1) is 8.49. The number of nitrogens with zero attached hydrogens (tertiary/aromatic N) is 1. The topological polar surface area (TPSA) is 75.4 Å². The van der Waals surface area contributed by atoms with Gasteiger partial charge in [-0.2, -0.15) is 0 Å². The molecular weight excluding hydrogens is 230 g/mol. The molecule has 1 aliphatic rings. The molecule has 1 rings (SSSR count). The second kappa shape index (κ2) is 6.18. The predicted octanol–water partition coefficient (Wildman–Crippen LogP) is 0.489. The lowest BCUT2D eigenvalue weighted by Crippen LogP contribution is -2.47. The van der Waals surface area contributed by atoms with Crippen LogP contribution in [0.15, 0.2) is 0 Å². The normalized spacial score (nSPS) is 20.0. The maximum atomic E-state index is 12.5. The minimum atomic E-state index is -0.425. The lowest BCUT2D eigenvalue weighted by Gasteiger charge is -2.33. The first-order valence-corrected chi connectivity index (χ1v) is 6.75. The molecule has 3 N–H and O–H groups in total. The highest BCUT2D eigenvalue weighted by Gasteiger charge is 2.39. The molecule has 5 nitrogen and oxygen atoms in total. The first-order valence-electron chi connectivity index (χ1n) is 6.75. The number of nitrogens with two attached hydrogens (primary N) is 1. The van der Waals surface area contributed by atoms with Gasteiger partial charge in [0.15, 0.2) is 0 Å². The molecule has 0 spiro atoms. The summed E-state index contributed by atoms with van der Waals surface area (Å²) in [5, 5.41) is 2.87. The minimum Gasteiger partial charge on any atom is -0.352 e. The van der Waals surface area contributed by atoms with Gasteiger partial charge < -0.3 is 16.0 Å². The molecule has 104 valence electrons. The molecule has 1 atom stereocenters. The third kappa shape index (κ3) is 3.02. The third-order valence-corrected chi connectivity index (χ3v) is 4.08. The zero-order valence-corrected chi connectivity index (χ0v) is 11.7. The highest BCUT2D eigenvalue weighted by molar-refractivity contribution is 5.83. The van der Waals surface area contributed by atoms with Crippen LogP contribution in [0.4, 0.5) is 0 Å². The summed E-state index contributed by atoms with van der Waals surface area (Å²) in [6, 6.07) is 0.0932. The standard InChI is InChI=1S/C13H25N3O2/c1-4-13(5-2,9-14)12(18)16-7-6-11(8-16)15-10(3)17/h11H,4-9,14H2,1-3H3,(H,15,17). The zero-order chi connectivity index (χ0) is 13.8. The lowest BCUT2D eigenvalue weighted by atomic mass is 9.81. The minimum absolute atomic E-state index is 0.0367. The number of carbonyl (C=O) groups is 2. The van der Waals surface area contributed by atoms with Crippen molar-refractivity contribution in [2.45, 2.75) is 46.1 Å². The Morgan fingerprint density at radius 3 is 2.44 bits per heavy atom. The van der Waals surface area contributed by atoms with Gasteiger partial charge in [-0.1, -0.05) is 13.8 Å². The van der Waals surface area contributed by atoms with E-state index < -0.39 is 5.41 Å². The van der Waals surface area contributed by atoms with E-state index in [1.807, 2.05) is 18.7 Å². The van der Waals surface area contributed by atoms with Crippen LogP contribution in [0.2, 0.25) is 0 Å². The Labute approximate surface area is 109 Å². The van der Waals surface area contributed by atoms with Gasteiger partial charge in [0.05, 0.1) is 5.41 Å².